The highest BCUT2D eigenvalue weighted by atomic mass is 31.2. The SMILES string of the molecule is CP1Oc2ccccc2N1C=O. The second-order valence-corrected chi connectivity index (χ2v) is 4.02. The van der Waals surface area contributed by atoms with E-state index in [2.05, 4.69) is 0 Å². The molecule has 0 fully saturated rings. The normalized spacial score (nSPS) is 20.1. The maximum Gasteiger partial charge on any atom is 0.220 e. The van der Waals surface area contributed by atoms with Crippen molar-refractivity contribution in [1.82, 2.24) is 0 Å². The topological polar surface area (TPSA) is 29.5 Å². The Labute approximate surface area is 71.8 Å². The van der Waals surface area contributed by atoms with Crippen LogP contribution in [0.1, 0.15) is 0 Å². The molecule has 4 heteroatoms. The first-order valence-electron chi connectivity index (χ1n) is 3.58. The molecule has 62 valence electrons. The molecule has 0 saturated heterocycles. The number of carbonyl (C=O) groups excluding carboxylic acids is 1. The minimum Gasteiger partial charge on any atom is -0.451 e. The van der Waals surface area contributed by atoms with Crippen LogP contribution in [0.4, 0.5) is 5.69 Å². The van der Waals surface area contributed by atoms with Crippen LogP contribution in [0, 0.1) is 0 Å². The fourth-order valence-corrected chi connectivity index (χ4v) is 2.31. The zero-order valence-electron chi connectivity index (χ0n) is 6.60. The molecule has 0 radical (unpaired) electrons. The fourth-order valence-electron chi connectivity index (χ4n) is 1.18. The Morgan fingerprint density at radius 1 is 1.50 bits per heavy atom. The molecule has 1 aromatic carbocycles. The molecule has 1 heterocycles. The number of hydrogen-bond acceptors (Lipinski definition) is 2. The first-order chi connectivity index (χ1) is 5.83. The number of amides is 1. The molecule has 1 unspecified atom stereocenters. The molecule has 2 rings (SSSR count). The number of nitrogens with zero attached hydrogens (tertiary/aromatic N) is 1. The Balaban J connectivity index is 2.47. The van der Waals surface area contributed by atoms with E-state index in [1.165, 1.54) is 0 Å². The zero-order chi connectivity index (χ0) is 8.55. The van der Waals surface area contributed by atoms with E-state index in [-0.39, 0.29) is 0 Å². The molecule has 3 nitrogen and oxygen atoms in total. The van der Waals surface area contributed by atoms with Gasteiger partial charge in [0.25, 0.3) is 0 Å². The van der Waals surface area contributed by atoms with E-state index in [1.807, 2.05) is 30.9 Å². The lowest BCUT2D eigenvalue weighted by molar-refractivity contribution is -0.106. The molecule has 0 N–H and O–H groups in total. The van der Waals surface area contributed by atoms with Gasteiger partial charge in [-0.1, -0.05) is 12.1 Å². The van der Waals surface area contributed by atoms with E-state index in [4.69, 9.17) is 4.52 Å². The van der Waals surface area contributed by atoms with E-state index in [0.717, 1.165) is 17.8 Å². The van der Waals surface area contributed by atoms with E-state index in [0.29, 0.717) is 0 Å². The molecule has 0 aromatic heterocycles. The first-order valence-corrected chi connectivity index (χ1v) is 5.24. The quantitative estimate of drug-likeness (QED) is 0.489. The molecule has 0 spiro atoms. The average molecular weight is 181 g/mol. The summed E-state index contributed by atoms with van der Waals surface area (Å²) in [7, 11) is -0.790. The Morgan fingerprint density at radius 3 is 3.00 bits per heavy atom. The Kier molecular flexibility index (Phi) is 1.74. The standard InChI is InChI=1S/C8H8NO2P/c1-12-9(6-10)7-4-2-3-5-8(7)11-12/h2-6H,1H3. The number of hydrogen-bond donors (Lipinski definition) is 0. The number of fused-ring (bicyclic) bond motifs is 1. The lowest BCUT2D eigenvalue weighted by Gasteiger charge is -2.11. The Morgan fingerprint density at radius 2 is 2.25 bits per heavy atom. The van der Waals surface area contributed by atoms with Crippen molar-refractivity contribution >= 4 is 20.4 Å². The van der Waals surface area contributed by atoms with E-state index < -0.39 is 8.30 Å². The zero-order valence-corrected chi connectivity index (χ0v) is 7.49. The highest BCUT2D eigenvalue weighted by Crippen LogP contribution is 2.52. The molecule has 1 aliphatic heterocycles. The third-order valence-corrected chi connectivity index (χ3v) is 3.12. The molecule has 0 aliphatic carbocycles. The number of carbonyl (C=O) groups is 1. The summed E-state index contributed by atoms with van der Waals surface area (Å²) in [6.45, 7) is 1.91. The van der Waals surface area contributed by atoms with Crippen LogP contribution in [-0.4, -0.2) is 13.1 Å². The monoisotopic (exact) mass is 181 g/mol. The summed E-state index contributed by atoms with van der Waals surface area (Å²) < 4.78 is 7.10. The number of rotatable bonds is 1. The predicted molar refractivity (Wildman–Crippen MR) is 48.5 cm³/mol. The van der Waals surface area contributed by atoms with E-state index in [1.54, 1.807) is 4.67 Å². The number of benzene rings is 1. The molecule has 1 atom stereocenters. The van der Waals surface area contributed by atoms with Crippen molar-refractivity contribution in [3.05, 3.63) is 24.3 Å². The summed E-state index contributed by atoms with van der Waals surface area (Å²) in [6.07, 6.45) is 0.817. The molecule has 1 aliphatic rings. The van der Waals surface area contributed by atoms with Crippen LogP contribution in [0.3, 0.4) is 0 Å². The highest BCUT2D eigenvalue weighted by molar-refractivity contribution is 7.55. The largest absolute Gasteiger partial charge is 0.451 e. The fraction of sp³-hybridized carbons (Fsp3) is 0.125. The number of anilines is 1. The molecule has 12 heavy (non-hydrogen) atoms. The van der Waals surface area contributed by atoms with Crippen LogP contribution in [0.2, 0.25) is 0 Å². The first kappa shape index (κ1) is 7.56. The Bertz CT molecular complexity index is 316. The highest BCUT2D eigenvalue weighted by Gasteiger charge is 2.27. The van der Waals surface area contributed by atoms with Gasteiger partial charge in [0.05, 0.1) is 5.69 Å². The maximum atomic E-state index is 10.6. The van der Waals surface area contributed by atoms with E-state index >= 15 is 0 Å². The Hall–Kier alpha value is -1.08. The van der Waals surface area contributed by atoms with Crippen molar-refractivity contribution < 1.29 is 9.32 Å². The van der Waals surface area contributed by atoms with Crippen LogP contribution in [0.15, 0.2) is 24.3 Å². The van der Waals surface area contributed by atoms with Crippen LogP contribution >= 0.6 is 8.30 Å². The molecule has 1 aromatic rings. The summed E-state index contributed by atoms with van der Waals surface area (Å²) in [6, 6.07) is 7.55. The van der Waals surface area contributed by atoms with Gasteiger partial charge in [0, 0.05) is 6.66 Å². The molecular weight excluding hydrogens is 173 g/mol. The van der Waals surface area contributed by atoms with Gasteiger partial charge in [0.1, 0.15) is 5.75 Å². The lowest BCUT2D eigenvalue weighted by atomic mass is 10.3. The maximum absolute atomic E-state index is 10.6. The molecular formula is C8H8NO2P. The van der Waals surface area contributed by atoms with Crippen molar-refractivity contribution in [3.63, 3.8) is 0 Å². The number of para-hydroxylation sites is 2. The van der Waals surface area contributed by atoms with Gasteiger partial charge in [0.15, 0.2) is 8.30 Å². The van der Waals surface area contributed by atoms with E-state index in [9.17, 15) is 4.79 Å². The van der Waals surface area contributed by atoms with Crippen molar-refractivity contribution in [2.45, 2.75) is 0 Å². The summed E-state index contributed by atoms with van der Waals surface area (Å²) >= 11 is 0. The molecule has 0 bridgehead atoms. The molecule has 1 amide bonds. The van der Waals surface area contributed by atoms with Crippen molar-refractivity contribution in [1.29, 1.82) is 0 Å². The summed E-state index contributed by atoms with van der Waals surface area (Å²) in [5.41, 5.74) is 0.876. The summed E-state index contributed by atoms with van der Waals surface area (Å²) in [4.78, 5) is 10.6. The third kappa shape index (κ3) is 0.978. The predicted octanol–water partition coefficient (Wildman–Crippen LogP) is 1.98. The van der Waals surface area contributed by atoms with Gasteiger partial charge in [-0.15, -0.1) is 0 Å². The van der Waals surface area contributed by atoms with Gasteiger partial charge in [-0.3, -0.25) is 9.46 Å². The summed E-state index contributed by atoms with van der Waals surface area (Å²) in [5, 5.41) is 0. The smallest absolute Gasteiger partial charge is 0.220 e. The second-order valence-electron chi connectivity index (χ2n) is 2.47. The van der Waals surface area contributed by atoms with Crippen LogP contribution in [0.5, 0.6) is 5.75 Å². The van der Waals surface area contributed by atoms with Gasteiger partial charge in [-0.2, -0.15) is 0 Å². The van der Waals surface area contributed by atoms with Crippen molar-refractivity contribution in [2.24, 2.45) is 0 Å². The molecule has 0 saturated carbocycles. The van der Waals surface area contributed by atoms with Crippen LogP contribution in [0.25, 0.3) is 0 Å². The average Bonchev–Trinajstić information content (AvgIpc) is 2.40. The van der Waals surface area contributed by atoms with Gasteiger partial charge in [-0.25, -0.2) is 0 Å². The van der Waals surface area contributed by atoms with Gasteiger partial charge >= 0.3 is 0 Å². The minimum absolute atomic E-state index is 0.790. The van der Waals surface area contributed by atoms with Gasteiger partial charge in [-0.05, 0) is 12.1 Å². The van der Waals surface area contributed by atoms with Crippen molar-refractivity contribution in [3.8, 4) is 5.75 Å². The minimum atomic E-state index is -0.790. The second kappa shape index (κ2) is 2.76. The van der Waals surface area contributed by atoms with Crippen LogP contribution in [-0.2, 0) is 4.79 Å². The van der Waals surface area contributed by atoms with Crippen LogP contribution < -0.4 is 9.19 Å². The van der Waals surface area contributed by atoms with Gasteiger partial charge < -0.3 is 4.52 Å². The lowest BCUT2D eigenvalue weighted by Crippen LogP contribution is -2.09. The van der Waals surface area contributed by atoms with Crippen molar-refractivity contribution in [2.75, 3.05) is 11.3 Å². The van der Waals surface area contributed by atoms with Gasteiger partial charge in [0.2, 0.25) is 6.41 Å². The summed E-state index contributed by atoms with van der Waals surface area (Å²) in [5.74, 6) is 0.804. The third-order valence-electron chi connectivity index (χ3n) is 1.75.